The summed E-state index contributed by atoms with van der Waals surface area (Å²) in [6.45, 7) is 4.04. The molecule has 0 saturated carbocycles. The SMILES string of the molecule is COC(=O)c1cc(OC)c(OC)cc1NC(=S)N1CCC[C@@H](C)C1. The second-order valence-electron chi connectivity index (χ2n) is 5.87. The van der Waals surface area contributed by atoms with Crippen molar-refractivity contribution in [1.82, 2.24) is 4.90 Å². The van der Waals surface area contributed by atoms with Crippen molar-refractivity contribution in [2.24, 2.45) is 5.92 Å². The van der Waals surface area contributed by atoms with Crippen LogP contribution in [0.1, 0.15) is 30.1 Å². The molecule has 0 bridgehead atoms. The van der Waals surface area contributed by atoms with E-state index in [0.717, 1.165) is 19.5 Å². The predicted molar refractivity (Wildman–Crippen MR) is 97.1 cm³/mol. The maximum Gasteiger partial charge on any atom is 0.340 e. The smallest absolute Gasteiger partial charge is 0.340 e. The van der Waals surface area contributed by atoms with Crippen molar-refractivity contribution in [3.05, 3.63) is 17.7 Å². The minimum Gasteiger partial charge on any atom is -0.493 e. The normalized spacial score (nSPS) is 17.2. The first-order valence-electron chi connectivity index (χ1n) is 7.90. The van der Waals surface area contributed by atoms with Crippen molar-refractivity contribution in [1.29, 1.82) is 0 Å². The van der Waals surface area contributed by atoms with Crippen LogP contribution in [0.15, 0.2) is 12.1 Å². The summed E-state index contributed by atoms with van der Waals surface area (Å²) in [7, 11) is 4.41. The lowest BCUT2D eigenvalue weighted by Crippen LogP contribution is -2.41. The van der Waals surface area contributed by atoms with E-state index < -0.39 is 5.97 Å². The van der Waals surface area contributed by atoms with Crippen LogP contribution in [-0.4, -0.2) is 50.4 Å². The number of nitrogens with one attached hydrogen (secondary N) is 1. The summed E-state index contributed by atoms with van der Waals surface area (Å²) < 4.78 is 15.4. The molecule has 1 fully saturated rings. The maximum atomic E-state index is 12.1. The zero-order chi connectivity index (χ0) is 17.7. The number of nitrogens with zero attached hydrogens (tertiary/aromatic N) is 1. The third-order valence-electron chi connectivity index (χ3n) is 4.11. The van der Waals surface area contributed by atoms with Crippen LogP contribution in [0.3, 0.4) is 0 Å². The van der Waals surface area contributed by atoms with Gasteiger partial charge in [0.15, 0.2) is 16.6 Å². The van der Waals surface area contributed by atoms with E-state index in [2.05, 4.69) is 17.1 Å². The fourth-order valence-corrected chi connectivity index (χ4v) is 3.11. The molecule has 0 aliphatic carbocycles. The van der Waals surface area contributed by atoms with Gasteiger partial charge in [0.05, 0.1) is 32.6 Å². The van der Waals surface area contributed by atoms with E-state index in [1.54, 1.807) is 19.2 Å². The third-order valence-corrected chi connectivity index (χ3v) is 4.48. The van der Waals surface area contributed by atoms with Gasteiger partial charge in [0.2, 0.25) is 0 Å². The number of rotatable bonds is 4. The number of thiocarbonyl (C=S) groups is 1. The third kappa shape index (κ3) is 4.08. The lowest BCUT2D eigenvalue weighted by atomic mass is 10.0. The number of ether oxygens (including phenoxy) is 3. The van der Waals surface area contributed by atoms with Crippen molar-refractivity contribution in [3.63, 3.8) is 0 Å². The molecule has 1 aromatic carbocycles. The van der Waals surface area contributed by atoms with E-state index >= 15 is 0 Å². The fraction of sp³-hybridized carbons (Fsp3) is 0.529. The summed E-state index contributed by atoms with van der Waals surface area (Å²) in [6.07, 6.45) is 2.32. The monoisotopic (exact) mass is 352 g/mol. The van der Waals surface area contributed by atoms with Crippen LogP contribution in [0.4, 0.5) is 5.69 Å². The van der Waals surface area contributed by atoms with E-state index in [1.807, 2.05) is 0 Å². The molecule has 6 nitrogen and oxygen atoms in total. The van der Waals surface area contributed by atoms with Crippen LogP contribution in [-0.2, 0) is 4.74 Å². The van der Waals surface area contributed by atoms with Crippen LogP contribution in [0.25, 0.3) is 0 Å². The Kier molecular flexibility index (Phi) is 6.25. The lowest BCUT2D eigenvalue weighted by molar-refractivity contribution is 0.0601. The standard InChI is InChI=1S/C17H24N2O4S/c1-11-6-5-7-19(10-11)17(24)18-13-9-15(22-3)14(21-2)8-12(13)16(20)23-4/h8-9,11H,5-7,10H2,1-4H3,(H,18,24)/t11-/m1/s1. The number of piperidine rings is 1. The van der Waals surface area contributed by atoms with E-state index in [4.69, 9.17) is 26.4 Å². The molecule has 0 unspecified atom stereocenters. The Hall–Kier alpha value is -2.02. The Morgan fingerprint density at radius 3 is 2.50 bits per heavy atom. The molecule has 24 heavy (non-hydrogen) atoms. The topological polar surface area (TPSA) is 60.0 Å². The first-order valence-corrected chi connectivity index (χ1v) is 8.31. The number of anilines is 1. The van der Waals surface area contributed by atoms with Crippen LogP contribution in [0.5, 0.6) is 11.5 Å². The number of carbonyl (C=O) groups is 1. The number of hydrogen-bond donors (Lipinski definition) is 1. The van der Waals surface area contributed by atoms with Crippen LogP contribution in [0, 0.1) is 5.92 Å². The van der Waals surface area contributed by atoms with Crippen molar-refractivity contribution < 1.29 is 19.0 Å². The van der Waals surface area contributed by atoms with Gasteiger partial charge in [-0.1, -0.05) is 6.92 Å². The van der Waals surface area contributed by atoms with Gasteiger partial charge in [0.1, 0.15) is 0 Å². The summed E-state index contributed by atoms with van der Waals surface area (Å²) in [4.78, 5) is 14.2. The molecule has 0 spiro atoms. The number of likely N-dealkylation sites (tertiary alicyclic amines) is 1. The van der Waals surface area contributed by atoms with Crippen molar-refractivity contribution in [2.45, 2.75) is 19.8 Å². The van der Waals surface area contributed by atoms with Gasteiger partial charge in [-0.25, -0.2) is 4.79 Å². The summed E-state index contributed by atoms with van der Waals surface area (Å²) >= 11 is 5.52. The minimum absolute atomic E-state index is 0.350. The Bertz CT molecular complexity index is 621. The molecule has 1 atom stereocenters. The van der Waals surface area contributed by atoms with Gasteiger partial charge in [-0.2, -0.15) is 0 Å². The molecule has 1 aromatic rings. The number of esters is 1. The Labute approximate surface area is 148 Å². The van der Waals surface area contributed by atoms with E-state index in [0.29, 0.717) is 33.8 Å². The number of benzene rings is 1. The van der Waals surface area contributed by atoms with Gasteiger partial charge in [-0.05, 0) is 31.0 Å². The summed E-state index contributed by atoms with van der Waals surface area (Å²) in [6, 6.07) is 3.29. The molecular weight excluding hydrogens is 328 g/mol. The zero-order valence-electron chi connectivity index (χ0n) is 14.5. The van der Waals surface area contributed by atoms with Gasteiger partial charge in [-0.15, -0.1) is 0 Å². The van der Waals surface area contributed by atoms with E-state index in [-0.39, 0.29) is 0 Å². The second kappa shape index (κ2) is 8.19. The molecule has 1 aliphatic heterocycles. The molecule has 0 aromatic heterocycles. The van der Waals surface area contributed by atoms with Gasteiger partial charge >= 0.3 is 5.97 Å². The largest absolute Gasteiger partial charge is 0.493 e. The molecular formula is C17H24N2O4S. The number of hydrogen-bond acceptors (Lipinski definition) is 5. The van der Waals surface area contributed by atoms with Crippen molar-refractivity contribution >= 4 is 29.0 Å². The highest BCUT2D eigenvalue weighted by Gasteiger charge is 2.22. The molecule has 0 radical (unpaired) electrons. The maximum absolute atomic E-state index is 12.1. The highest BCUT2D eigenvalue weighted by atomic mass is 32.1. The minimum atomic E-state index is -0.465. The highest BCUT2D eigenvalue weighted by Crippen LogP contribution is 2.34. The quantitative estimate of drug-likeness (QED) is 0.660. The second-order valence-corrected chi connectivity index (χ2v) is 6.25. The average molecular weight is 352 g/mol. The number of carbonyl (C=O) groups excluding carboxylic acids is 1. The van der Waals surface area contributed by atoms with Gasteiger partial charge < -0.3 is 24.4 Å². The van der Waals surface area contributed by atoms with E-state index in [9.17, 15) is 4.79 Å². The van der Waals surface area contributed by atoms with Crippen LogP contribution < -0.4 is 14.8 Å². The Morgan fingerprint density at radius 1 is 1.25 bits per heavy atom. The van der Waals surface area contributed by atoms with Crippen LogP contribution in [0.2, 0.25) is 0 Å². The van der Waals surface area contributed by atoms with Gasteiger partial charge in [0, 0.05) is 25.2 Å². The predicted octanol–water partition coefficient (Wildman–Crippen LogP) is 2.92. The van der Waals surface area contributed by atoms with Gasteiger partial charge in [-0.3, -0.25) is 0 Å². The Balaban J connectivity index is 2.29. The molecule has 0 amide bonds. The zero-order valence-corrected chi connectivity index (χ0v) is 15.4. The highest BCUT2D eigenvalue weighted by molar-refractivity contribution is 7.80. The molecule has 132 valence electrons. The first kappa shape index (κ1) is 18.3. The molecule has 1 N–H and O–H groups in total. The van der Waals surface area contributed by atoms with Crippen molar-refractivity contribution in [3.8, 4) is 11.5 Å². The summed E-state index contributed by atoms with van der Waals surface area (Å²) in [5.41, 5.74) is 0.894. The Morgan fingerprint density at radius 2 is 1.92 bits per heavy atom. The summed E-state index contributed by atoms with van der Waals surface area (Å²) in [5.74, 6) is 1.11. The molecule has 7 heteroatoms. The molecule has 2 rings (SSSR count). The molecule has 1 heterocycles. The van der Waals surface area contributed by atoms with Crippen molar-refractivity contribution in [2.75, 3.05) is 39.7 Å². The fourth-order valence-electron chi connectivity index (χ4n) is 2.83. The van der Waals surface area contributed by atoms with Crippen LogP contribution >= 0.6 is 12.2 Å². The molecule has 1 saturated heterocycles. The van der Waals surface area contributed by atoms with E-state index in [1.165, 1.54) is 20.6 Å². The first-order chi connectivity index (χ1) is 11.5. The summed E-state index contributed by atoms with van der Waals surface area (Å²) in [5, 5.41) is 3.76. The van der Waals surface area contributed by atoms with Gasteiger partial charge in [0.25, 0.3) is 0 Å². The molecule has 1 aliphatic rings. The number of methoxy groups -OCH3 is 3. The average Bonchev–Trinajstić information content (AvgIpc) is 2.60. The lowest BCUT2D eigenvalue weighted by Gasteiger charge is -2.33.